The normalized spacial score (nSPS) is 15.3. The number of hydrogen-bond donors (Lipinski definition) is 3. The fourth-order valence-electron chi connectivity index (χ4n) is 2.75. The molecule has 1 saturated heterocycles. The van der Waals surface area contributed by atoms with Gasteiger partial charge in [-0.3, -0.25) is 9.59 Å². The van der Waals surface area contributed by atoms with Crippen LogP contribution in [0.3, 0.4) is 0 Å². The van der Waals surface area contributed by atoms with Crippen LogP contribution in [0.15, 0.2) is 18.2 Å². The molecule has 146 valence electrons. The number of piperidine rings is 1. The zero-order chi connectivity index (χ0) is 18.3. The van der Waals surface area contributed by atoms with Crippen molar-refractivity contribution in [3.63, 3.8) is 0 Å². The van der Waals surface area contributed by atoms with Gasteiger partial charge in [0.05, 0.1) is 7.11 Å². The Hall–Kier alpha value is -1.99. The number of rotatable bonds is 7. The van der Waals surface area contributed by atoms with Gasteiger partial charge in [0.25, 0.3) is 11.8 Å². The number of likely N-dealkylation sites (N-methyl/N-ethyl adjacent to an activating group) is 1. The molecular formula is C18H28ClN3O4. The molecule has 7 nitrogen and oxygen atoms in total. The number of hydrogen-bond acceptors (Lipinski definition) is 5. The monoisotopic (exact) mass is 385 g/mol. The van der Waals surface area contributed by atoms with E-state index in [4.69, 9.17) is 9.47 Å². The first-order valence-electron chi connectivity index (χ1n) is 8.48. The predicted octanol–water partition coefficient (Wildman–Crippen LogP) is 1.36. The number of ether oxygens (including phenoxy) is 2. The number of amides is 2. The number of carbonyl (C=O) groups excluding carboxylic acids is 2. The van der Waals surface area contributed by atoms with E-state index in [1.165, 1.54) is 7.11 Å². The molecule has 0 radical (unpaired) electrons. The second-order valence-corrected chi connectivity index (χ2v) is 6.57. The summed E-state index contributed by atoms with van der Waals surface area (Å²) in [6, 6.07) is 4.93. The molecule has 0 spiro atoms. The van der Waals surface area contributed by atoms with Gasteiger partial charge in [0.1, 0.15) is 0 Å². The Balaban J connectivity index is 0.00000338. The molecule has 1 aromatic rings. The smallest absolute Gasteiger partial charge is 0.257 e. The predicted molar refractivity (Wildman–Crippen MR) is 102 cm³/mol. The van der Waals surface area contributed by atoms with Crippen LogP contribution in [0.4, 0.5) is 0 Å². The summed E-state index contributed by atoms with van der Waals surface area (Å²) >= 11 is 0. The topological polar surface area (TPSA) is 88.7 Å². The van der Waals surface area contributed by atoms with Gasteiger partial charge in [-0.1, -0.05) is 6.92 Å². The fourth-order valence-corrected chi connectivity index (χ4v) is 2.75. The van der Waals surface area contributed by atoms with E-state index in [0.717, 1.165) is 25.9 Å². The minimum Gasteiger partial charge on any atom is -0.493 e. The van der Waals surface area contributed by atoms with Gasteiger partial charge in [-0.2, -0.15) is 0 Å². The Morgan fingerprint density at radius 2 is 1.92 bits per heavy atom. The van der Waals surface area contributed by atoms with Crippen LogP contribution in [0.5, 0.6) is 11.5 Å². The molecule has 0 unspecified atom stereocenters. The van der Waals surface area contributed by atoms with Crippen molar-refractivity contribution < 1.29 is 19.1 Å². The highest BCUT2D eigenvalue weighted by atomic mass is 35.5. The second-order valence-electron chi connectivity index (χ2n) is 6.57. The third-order valence-electron chi connectivity index (χ3n) is 4.55. The molecule has 2 amide bonds. The minimum absolute atomic E-state index is 0. The number of nitrogens with one attached hydrogen (secondary N) is 3. The third kappa shape index (κ3) is 6.07. The van der Waals surface area contributed by atoms with Crippen molar-refractivity contribution in [2.24, 2.45) is 5.41 Å². The van der Waals surface area contributed by atoms with Crippen LogP contribution in [0, 0.1) is 5.41 Å². The van der Waals surface area contributed by atoms with Crippen molar-refractivity contribution in [3.05, 3.63) is 23.8 Å². The van der Waals surface area contributed by atoms with Crippen LogP contribution >= 0.6 is 12.4 Å². The highest BCUT2D eigenvalue weighted by Crippen LogP contribution is 2.29. The standard InChI is InChI=1S/C18H27N3O4.ClH/c1-18(6-8-20-9-7-18)12-21-17(23)13-4-5-14(15(10-13)24-3)25-11-16(22)19-2;/h4-5,10,20H,6-9,11-12H2,1-3H3,(H,19,22)(H,21,23);1H. The molecule has 0 aromatic heterocycles. The van der Waals surface area contributed by atoms with E-state index in [-0.39, 0.29) is 36.2 Å². The van der Waals surface area contributed by atoms with E-state index < -0.39 is 0 Å². The highest BCUT2D eigenvalue weighted by Gasteiger charge is 2.27. The summed E-state index contributed by atoms with van der Waals surface area (Å²) in [5, 5.41) is 8.83. The first kappa shape index (κ1) is 22.1. The van der Waals surface area contributed by atoms with Crippen molar-refractivity contribution >= 4 is 24.2 Å². The maximum atomic E-state index is 12.4. The van der Waals surface area contributed by atoms with Gasteiger partial charge >= 0.3 is 0 Å². The van der Waals surface area contributed by atoms with Gasteiger partial charge in [-0.15, -0.1) is 12.4 Å². The Bertz CT molecular complexity index is 618. The average molecular weight is 386 g/mol. The zero-order valence-corrected chi connectivity index (χ0v) is 16.3. The van der Waals surface area contributed by atoms with Crippen molar-refractivity contribution in [2.45, 2.75) is 19.8 Å². The van der Waals surface area contributed by atoms with Crippen LogP contribution in [-0.2, 0) is 4.79 Å². The Morgan fingerprint density at radius 1 is 1.23 bits per heavy atom. The summed E-state index contributed by atoms with van der Waals surface area (Å²) in [4.78, 5) is 23.7. The Labute approximate surface area is 160 Å². The van der Waals surface area contributed by atoms with E-state index in [9.17, 15) is 9.59 Å². The molecule has 1 aliphatic heterocycles. The number of halogens is 1. The molecule has 0 aliphatic carbocycles. The third-order valence-corrected chi connectivity index (χ3v) is 4.55. The number of methoxy groups -OCH3 is 1. The van der Waals surface area contributed by atoms with Crippen molar-refractivity contribution in [3.8, 4) is 11.5 Å². The Morgan fingerprint density at radius 3 is 2.54 bits per heavy atom. The molecule has 1 fully saturated rings. The molecule has 0 bridgehead atoms. The SMILES string of the molecule is CNC(=O)COc1ccc(C(=O)NCC2(C)CCNCC2)cc1OC.Cl. The van der Waals surface area contributed by atoms with Crippen molar-refractivity contribution in [2.75, 3.05) is 40.4 Å². The maximum absolute atomic E-state index is 12.4. The summed E-state index contributed by atoms with van der Waals surface area (Å²) in [5.74, 6) is 0.465. The minimum atomic E-state index is -0.237. The second kappa shape index (κ2) is 10.2. The van der Waals surface area contributed by atoms with E-state index in [1.54, 1.807) is 25.2 Å². The summed E-state index contributed by atoms with van der Waals surface area (Å²) in [6.07, 6.45) is 2.09. The molecule has 2 rings (SSSR count). The maximum Gasteiger partial charge on any atom is 0.257 e. The number of carbonyl (C=O) groups is 2. The van der Waals surface area contributed by atoms with Gasteiger partial charge in [0.2, 0.25) is 0 Å². The van der Waals surface area contributed by atoms with E-state index in [2.05, 4.69) is 22.9 Å². The van der Waals surface area contributed by atoms with E-state index in [1.807, 2.05) is 0 Å². The lowest BCUT2D eigenvalue weighted by atomic mass is 9.81. The fraction of sp³-hybridized carbons (Fsp3) is 0.556. The lowest BCUT2D eigenvalue weighted by Crippen LogP contribution is -2.42. The van der Waals surface area contributed by atoms with E-state index in [0.29, 0.717) is 23.6 Å². The molecule has 26 heavy (non-hydrogen) atoms. The first-order valence-corrected chi connectivity index (χ1v) is 8.48. The summed E-state index contributed by atoms with van der Waals surface area (Å²) in [5.41, 5.74) is 0.628. The highest BCUT2D eigenvalue weighted by molar-refractivity contribution is 5.95. The summed E-state index contributed by atoms with van der Waals surface area (Å²) in [7, 11) is 3.04. The van der Waals surface area contributed by atoms with Gasteiger partial charge in [-0.25, -0.2) is 0 Å². The molecule has 0 saturated carbocycles. The lowest BCUT2D eigenvalue weighted by molar-refractivity contribution is -0.122. The van der Waals surface area contributed by atoms with Crippen molar-refractivity contribution in [1.82, 2.24) is 16.0 Å². The van der Waals surface area contributed by atoms with Crippen LogP contribution in [0.2, 0.25) is 0 Å². The molecule has 1 heterocycles. The number of benzene rings is 1. The largest absolute Gasteiger partial charge is 0.493 e. The van der Waals surface area contributed by atoms with Gasteiger partial charge in [0, 0.05) is 19.2 Å². The van der Waals surface area contributed by atoms with Gasteiger partial charge in [-0.05, 0) is 49.5 Å². The molecule has 3 N–H and O–H groups in total. The van der Waals surface area contributed by atoms with Gasteiger partial charge in [0.15, 0.2) is 18.1 Å². The van der Waals surface area contributed by atoms with E-state index >= 15 is 0 Å². The summed E-state index contributed by atoms with van der Waals surface area (Å²) < 4.78 is 10.7. The first-order chi connectivity index (χ1) is 12.0. The summed E-state index contributed by atoms with van der Waals surface area (Å²) in [6.45, 7) is 4.70. The molecule has 1 aliphatic rings. The molecular weight excluding hydrogens is 358 g/mol. The Kier molecular flexibility index (Phi) is 8.68. The average Bonchev–Trinajstić information content (AvgIpc) is 2.64. The quantitative estimate of drug-likeness (QED) is 0.659. The zero-order valence-electron chi connectivity index (χ0n) is 15.5. The van der Waals surface area contributed by atoms with Crippen molar-refractivity contribution in [1.29, 1.82) is 0 Å². The van der Waals surface area contributed by atoms with Crippen LogP contribution in [0.25, 0.3) is 0 Å². The molecule has 0 atom stereocenters. The molecule has 8 heteroatoms. The van der Waals surface area contributed by atoms with Crippen LogP contribution in [-0.4, -0.2) is 52.2 Å². The van der Waals surface area contributed by atoms with Crippen LogP contribution in [0.1, 0.15) is 30.1 Å². The van der Waals surface area contributed by atoms with Crippen LogP contribution < -0.4 is 25.4 Å². The lowest BCUT2D eigenvalue weighted by Gasteiger charge is -2.34. The molecule has 1 aromatic carbocycles. The van der Waals surface area contributed by atoms with Gasteiger partial charge < -0.3 is 25.4 Å².